The molecule has 1 unspecified atom stereocenters. The Labute approximate surface area is 213 Å². The van der Waals surface area contributed by atoms with Gasteiger partial charge in [-0.25, -0.2) is 0 Å². The zero-order chi connectivity index (χ0) is 26.5. The summed E-state index contributed by atoms with van der Waals surface area (Å²) in [4.78, 5) is 28.0. The first-order valence-corrected chi connectivity index (χ1v) is 14.2. The summed E-state index contributed by atoms with van der Waals surface area (Å²) in [5.41, 5.74) is -0.341. The minimum atomic E-state index is -3.33. The highest BCUT2D eigenvalue weighted by Crippen LogP contribution is 2.61. The van der Waals surface area contributed by atoms with Crippen LogP contribution < -0.4 is 15.2 Å². The van der Waals surface area contributed by atoms with E-state index in [1.54, 1.807) is 36.7 Å². The molecule has 0 N–H and O–H groups in total. The summed E-state index contributed by atoms with van der Waals surface area (Å²) in [6.07, 6.45) is 3.20. The molecule has 198 valence electrons. The Bertz CT molecular complexity index is 1140. The van der Waals surface area contributed by atoms with Crippen molar-refractivity contribution >= 4 is 13.5 Å². The Morgan fingerprint density at radius 2 is 1.67 bits per heavy atom. The highest BCUT2D eigenvalue weighted by atomic mass is 31.2. The van der Waals surface area contributed by atoms with Crippen molar-refractivity contribution in [2.45, 2.75) is 64.9 Å². The summed E-state index contributed by atoms with van der Waals surface area (Å²) >= 11 is 0. The lowest BCUT2D eigenvalue weighted by molar-refractivity contribution is 0.0399. The van der Waals surface area contributed by atoms with E-state index in [0.717, 1.165) is 5.56 Å². The second kappa shape index (κ2) is 11.6. The summed E-state index contributed by atoms with van der Waals surface area (Å²) in [5, 5.41) is 1.93. The van der Waals surface area contributed by atoms with Crippen molar-refractivity contribution in [1.29, 1.82) is 0 Å². The molecule has 2 atom stereocenters. The first-order chi connectivity index (χ1) is 17.3. The molecule has 1 spiro atoms. The largest absolute Gasteiger partial charge is 0.482 e. The SMILES string of the molecule is CC.CCOP(=O)(OCC)[C@H]1CCC2(C1)N(C)C(=O)c1c(OCc3ccccc3)c(=O)ccn1N2C. The van der Waals surface area contributed by atoms with Gasteiger partial charge < -0.3 is 18.7 Å². The number of hydrogen-bond donors (Lipinski definition) is 0. The number of rotatable bonds is 8. The molecule has 1 fully saturated rings. The molecule has 9 nitrogen and oxygen atoms in total. The molecule has 1 saturated carbocycles. The molecule has 10 heteroatoms. The molecule has 4 rings (SSSR count). The van der Waals surface area contributed by atoms with Crippen LogP contribution in [-0.2, 0) is 20.2 Å². The van der Waals surface area contributed by atoms with Crippen molar-refractivity contribution in [3.63, 3.8) is 0 Å². The number of pyridine rings is 1. The molecular formula is C26H38N3O6P. The molecule has 1 aliphatic heterocycles. The predicted octanol–water partition coefficient (Wildman–Crippen LogP) is 4.62. The number of fused-ring (bicyclic) bond motifs is 1. The average Bonchev–Trinajstić information content (AvgIpc) is 3.35. The smallest absolute Gasteiger partial charge is 0.333 e. The first kappa shape index (κ1) is 28.0. The molecule has 1 amide bonds. The van der Waals surface area contributed by atoms with Gasteiger partial charge in [0.1, 0.15) is 12.3 Å². The molecule has 2 heterocycles. The van der Waals surface area contributed by atoms with Gasteiger partial charge in [-0.15, -0.1) is 0 Å². The molecule has 1 aliphatic carbocycles. The Morgan fingerprint density at radius 1 is 1.03 bits per heavy atom. The van der Waals surface area contributed by atoms with Crippen molar-refractivity contribution in [3.05, 3.63) is 64.1 Å². The molecule has 2 aromatic rings. The van der Waals surface area contributed by atoms with Crippen LogP contribution in [0.5, 0.6) is 5.75 Å². The molecule has 2 aliphatic rings. The fraction of sp³-hybridized carbons (Fsp3) is 0.538. The second-order valence-corrected chi connectivity index (χ2v) is 10.9. The standard InChI is InChI=1S/C24H32N3O6P.C2H6/c1-5-32-34(30,33-6-2)19-12-14-24(16-19)25(3)23(29)21-22(20(28)13-15-27(21)26(24)4)31-17-18-10-8-7-9-11-18;1-2/h7-11,13,15,19H,5-6,12,14,16-17H2,1-4H3;1-2H3/t19-,24?;/m0./s1. The molecule has 0 saturated heterocycles. The fourth-order valence-electron chi connectivity index (χ4n) is 5.04. The average molecular weight is 520 g/mol. The van der Waals surface area contributed by atoms with Crippen LogP contribution in [0.25, 0.3) is 0 Å². The first-order valence-electron chi connectivity index (χ1n) is 12.6. The van der Waals surface area contributed by atoms with Gasteiger partial charge in [-0.1, -0.05) is 44.2 Å². The van der Waals surface area contributed by atoms with E-state index in [2.05, 4.69) is 0 Å². The van der Waals surface area contributed by atoms with Gasteiger partial charge in [-0.3, -0.25) is 23.8 Å². The highest BCUT2D eigenvalue weighted by molar-refractivity contribution is 7.54. The van der Waals surface area contributed by atoms with Crippen molar-refractivity contribution in [3.8, 4) is 5.75 Å². The number of carbonyl (C=O) groups excluding carboxylic acids is 1. The maximum absolute atomic E-state index is 13.6. The topological polar surface area (TPSA) is 90.3 Å². The van der Waals surface area contributed by atoms with Gasteiger partial charge in [0.05, 0.1) is 18.9 Å². The Hall–Kier alpha value is -2.61. The monoisotopic (exact) mass is 519 g/mol. The zero-order valence-electron chi connectivity index (χ0n) is 22.1. The Morgan fingerprint density at radius 3 is 2.28 bits per heavy atom. The third-order valence-corrected chi connectivity index (χ3v) is 9.40. The van der Waals surface area contributed by atoms with Crippen LogP contribution in [0.15, 0.2) is 47.4 Å². The van der Waals surface area contributed by atoms with Crippen LogP contribution in [-0.4, -0.2) is 54.1 Å². The van der Waals surface area contributed by atoms with Crippen LogP contribution in [0.4, 0.5) is 0 Å². The number of hydrogen-bond acceptors (Lipinski definition) is 7. The summed E-state index contributed by atoms with van der Waals surface area (Å²) < 4.78 is 32.2. The summed E-state index contributed by atoms with van der Waals surface area (Å²) in [6.45, 7) is 8.34. The lowest BCUT2D eigenvalue weighted by Gasteiger charge is -2.51. The van der Waals surface area contributed by atoms with Crippen molar-refractivity contribution in [2.75, 3.05) is 32.3 Å². The van der Waals surface area contributed by atoms with Gasteiger partial charge >= 0.3 is 7.60 Å². The normalized spacial score (nSPS) is 21.3. The van der Waals surface area contributed by atoms with Gasteiger partial charge in [0, 0.05) is 32.8 Å². The number of nitrogens with zero attached hydrogens (tertiary/aromatic N) is 3. The van der Waals surface area contributed by atoms with Crippen LogP contribution in [0.2, 0.25) is 0 Å². The third-order valence-electron chi connectivity index (χ3n) is 6.82. The van der Waals surface area contributed by atoms with Gasteiger partial charge in [-0.05, 0) is 32.3 Å². The van der Waals surface area contributed by atoms with Crippen LogP contribution >= 0.6 is 7.60 Å². The Kier molecular flexibility index (Phi) is 9.03. The number of amides is 1. The van der Waals surface area contributed by atoms with Crippen LogP contribution in [0, 0.1) is 0 Å². The minimum absolute atomic E-state index is 0.0220. The van der Waals surface area contributed by atoms with Crippen molar-refractivity contribution in [2.24, 2.45) is 0 Å². The summed E-state index contributed by atoms with van der Waals surface area (Å²) in [6, 6.07) is 10.9. The molecule has 1 aromatic heterocycles. The molecule has 1 aromatic carbocycles. The predicted molar refractivity (Wildman–Crippen MR) is 140 cm³/mol. The van der Waals surface area contributed by atoms with Gasteiger partial charge in [0.25, 0.3) is 5.91 Å². The van der Waals surface area contributed by atoms with E-state index in [4.69, 9.17) is 13.8 Å². The second-order valence-electron chi connectivity index (χ2n) is 8.62. The number of ether oxygens (including phenoxy) is 1. The summed E-state index contributed by atoms with van der Waals surface area (Å²) in [5.74, 6) is -0.295. The number of benzene rings is 1. The maximum Gasteiger partial charge on any atom is 0.333 e. The molecular weight excluding hydrogens is 481 g/mol. The van der Waals surface area contributed by atoms with Gasteiger partial charge in [-0.2, -0.15) is 0 Å². The lowest BCUT2D eigenvalue weighted by atomic mass is 10.0. The van der Waals surface area contributed by atoms with E-state index in [9.17, 15) is 14.2 Å². The lowest BCUT2D eigenvalue weighted by Crippen LogP contribution is -2.67. The van der Waals surface area contributed by atoms with E-state index in [0.29, 0.717) is 19.3 Å². The van der Waals surface area contributed by atoms with E-state index < -0.39 is 13.3 Å². The van der Waals surface area contributed by atoms with Crippen molar-refractivity contribution < 1.29 is 23.1 Å². The molecule has 0 bridgehead atoms. The van der Waals surface area contributed by atoms with E-state index in [-0.39, 0.29) is 48.3 Å². The van der Waals surface area contributed by atoms with Gasteiger partial charge in [0.2, 0.25) is 5.43 Å². The highest BCUT2D eigenvalue weighted by Gasteiger charge is 2.56. The van der Waals surface area contributed by atoms with E-state index in [1.165, 1.54) is 6.07 Å². The quantitative estimate of drug-likeness (QED) is 0.470. The van der Waals surface area contributed by atoms with E-state index in [1.807, 2.05) is 56.2 Å². The number of aromatic nitrogens is 1. The fourth-order valence-corrected chi connectivity index (χ4v) is 7.22. The minimum Gasteiger partial charge on any atom is -0.482 e. The maximum atomic E-state index is 13.6. The zero-order valence-corrected chi connectivity index (χ0v) is 23.0. The van der Waals surface area contributed by atoms with Crippen LogP contribution in [0.3, 0.4) is 0 Å². The molecule has 0 radical (unpaired) electrons. The van der Waals surface area contributed by atoms with E-state index >= 15 is 0 Å². The summed E-state index contributed by atoms with van der Waals surface area (Å²) in [7, 11) is 0.258. The third kappa shape index (κ3) is 4.97. The van der Waals surface area contributed by atoms with Crippen LogP contribution in [0.1, 0.15) is 63.0 Å². The number of carbonyl (C=O) groups is 1. The van der Waals surface area contributed by atoms with Gasteiger partial charge in [0.15, 0.2) is 11.4 Å². The van der Waals surface area contributed by atoms with Crippen molar-refractivity contribution in [1.82, 2.24) is 9.58 Å². The molecule has 36 heavy (non-hydrogen) atoms. The Balaban J connectivity index is 0.00000176.